The first kappa shape index (κ1) is 24.3. The molecule has 7 nitrogen and oxygen atoms in total. The van der Waals surface area contributed by atoms with Gasteiger partial charge in [-0.15, -0.1) is 0 Å². The number of guanidine groups is 1. The number of para-hydroxylation sites is 1. The first-order valence-electron chi connectivity index (χ1n) is 9.86. The second kappa shape index (κ2) is 9.26. The maximum absolute atomic E-state index is 13.2. The van der Waals surface area contributed by atoms with Gasteiger partial charge < -0.3 is 15.9 Å². The van der Waals surface area contributed by atoms with Crippen LogP contribution in [0.3, 0.4) is 0 Å². The van der Waals surface area contributed by atoms with E-state index in [9.17, 15) is 23.1 Å². The van der Waals surface area contributed by atoms with E-state index in [-0.39, 0.29) is 17.6 Å². The summed E-state index contributed by atoms with van der Waals surface area (Å²) in [7, 11) is 1.62. The Kier molecular flexibility index (Phi) is 6.62. The minimum absolute atomic E-state index is 0.178. The molecule has 1 atom stereocenters. The van der Waals surface area contributed by atoms with Crippen molar-refractivity contribution in [3.8, 4) is 16.9 Å². The van der Waals surface area contributed by atoms with Gasteiger partial charge in [0, 0.05) is 12.6 Å². The number of aliphatic carboxylic acids is 1. The molecule has 1 unspecified atom stereocenters. The highest BCUT2D eigenvalue weighted by atomic mass is 19.4. The van der Waals surface area contributed by atoms with E-state index >= 15 is 0 Å². The molecule has 0 saturated carbocycles. The van der Waals surface area contributed by atoms with Crippen LogP contribution in [-0.2, 0) is 15.1 Å². The van der Waals surface area contributed by atoms with E-state index < -0.39 is 17.7 Å². The zero-order valence-corrected chi connectivity index (χ0v) is 17.8. The Hall–Kier alpha value is -4.34. The summed E-state index contributed by atoms with van der Waals surface area (Å²) >= 11 is 0. The lowest BCUT2D eigenvalue weighted by molar-refractivity contribution is -0.192. The average molecular weight is 471 g/mol. The molecular formula is C24H20F3N3O4. The molecule has 176 valence electrons. The van der Waals surface area contributed by atoms with Gasteiger partial charge in [0.2, 0.25) is 0 Å². The number of carbonyl (C=O) groups is 2. The predicted molar refractivity (Wildman–Crippen MR) is 119 cm³/mol. The third kappa shape index (κ3) is 4.56. The first-order chi connectivity index (χ1) is 16.0. The highest BCUT2D eigenvalue weighted by molar-refractivity contribution is 6.09. The van der Waals surface area contributed by atoms with Crippen molar-refractivity contribution in [1.82, 2.24) is 4.90 Å². The number of amides is 1. The van der Waals surface area contributed by atoms with Crippen molar-refractivity contribution in [3.05, 3.63) is 90.0 Å². The summed E-state index contributed by atoms with van der Waals surface area (Å²) in [5, 5.41) is 17.3. The number of nitrogens with zero attached hydrogens (tertiary/aromatic N) is 2. The van der Waals surface area contributed by atoms with Crippen LogP contribution in [0.25, 0.3) is 11.1 Å². The number of hydrogen-bond acceptors (Lipinski definition) is 5. The number of rotatable bonds is 3. The third-order valence-electron chi connectivity index (χ3n) is 5.17. The fraction of sp³-hybridized carbons (Fsp3) is 0.125. The second-order valence-electron chi connectivity index (χ2n) is 7.31. The van der Waals surface area contributed by atoms with Gasteiger partial charge in [0.15, 0.2) is 11.5 Å². The van der Waals surface area contributed by atoms with Crippen molar-refractivity contribution in [3.63, 3.8) is 0 Å². The zero-order valence-electron chi connectivity index (χ0n) is 17.8. The van der Waals surface area contributed by atoms with Crippen molar-refractivity contribution in [2.24, 2.45) is 10.7 Å². The van der Waals surface area contributed by atoms with Crippen LogP contribution in [0.1, 0.15) is 11.1 Å². The summed E-state index contributed by atoms with van der Waals surface area (Å²) in [5.41, 5.74) is 7.72. The van der Waals surface area contributed by atoms with E-state index in [2.05, 4.69) is 4.99 Å². The van der Waals surface area contributed by atoms with Gasteiger partial charge in [0.1, 0.15) is 5.75 Å². The number of alkyl halides is 3. The minimum atomic E-state index is -5.08. The highest BCUT2D eigenvalue weighted by Crippen LogP contribution is 2.41. The molecule has 0 aromatic heterocycles. The minimum Gasteiger partial charge on any atom is -0.507 e. The molecule has 1 aliphatic heterocycles. The molecule has 0 radical (unpaired) electrons. The molecule has 3 aromatic carbocycles. The van der Waals surface area contributed by atoms with E-state index in [1.807, 2.05) is 66.7 Å². The Morgan fingerprint density at radius 2 is 1.53 bits per heavy atom. The first-order valence-corrected chi connectivity index (χ1v) is 9.86. The molecule has 0 aliphatic carbocycles. The van der Waals surface area contributed by atoms with Crippen molar-refractivity contribution in [1.29, 1.82) is 0 Å². The lowest BCUT2D eigenvalue weighted by Gasteiger charge is -2.26. The van der Waals surface area contributed by atoms with Crippen molar-refractivity contribution < 1.29 is 33.0 Å². The van der Waals surface area contributed by atoms with E-state index in [1.54, 1.807) is 19.2 Å². The van der Waals surface area contributed by atoms with E-state index in [4.69, 9.17) is 15.6 Å². The Bertz CT molecular complexity index is 1250. The van der Waals surface area contributed by atoms with Crippen molar-refractivity contribution in [2.75, 3.05) is 7.05 Å². The van der Waals surface area contributed by atoms with E-state index in [1.165, 1.54) is 4.90 Å². The van der Waals surface area contributed by atoms with Crippen LogP contribution in [0.4, 0.5) is 13.2 Å². The number of phenols is 1. The van der Waals surface area contributed by atoms with Gasteiger partial charge >= 0.3 is 12.1 Å². The summed E-state index contributed by atoms with van der Waals surface area (Å²) in [4.78, 5) is 28.1. The van der Waals surface area contributed by atoms with Crippen LogP contribution in [-0.4, -0.2) is 46.2 Å². The van der Waals surface area contributed by atoms with Crippen LogP contribution >= 0.6 is 0 Å². The molecule has 1 heterocycles. The van der Waals surface area contributed by atoms with Crippen LogP contribution in [0.5, 0.6) is 5.75 Å². The monoisotopic (exact) mass is 471 g/mol. The number of benzene rings is 3. The van der Waals surface area contributed by atoms with Crippen molar-refractivity contribution in [2.45, 2.75) is 11.7 Å². The topological polar surface area (TPSA) is 116 Å². The Morgan fingerprint density at radius 1 is 0.971 bits per heavy atom. The van der Waals surface area contributed by atoms with Crippen LogP contribution in [0, 0.1) is 0 Å². The summed E-state index contributed by atoms with van der Waals surface area (Å²) in [6.07, 6.45) is -5.08. The summed E-state index contributed by atoms with van der Waals surface area (Å²) in [5.74, 6) is -2.61. The van der Waals surface area contributed by atoms with Gasteiger partial charge in [-0.05, 0) is 28.8 Å². The summed E-state index contributed by atoms with van der Waals surface area (Å²) in [6.45, 7) is 0. The number of likely N-dealkylation sites (N-methyl/N-ethyl adjacent to an activating group) is 1. The number of hydrogen-bond donors (Lipinski definition) is 3. The van der Waals surface area contributed by atoms with E-state index in [0.29, 0.717) is 11.1 Å². The number of phenolic OH excluding ortho intramolecular Hbond substituents is 1. The molecule has 4 N–H and O–H groups in total. The number of aromatic hydroxyl groups is 1. The summed E-state index contributed by atoms with van der Waals surface area (Å²) < 4.78 is 31.7. The molecule has 3 aromatic rings. The molecular weight excluding hydrogens is 451 g/mol. The van der Waals surface area contributed by atoms with Gasteiger partial charge in [-0.3, -0.25) is 9.69 Å². The maximum Gasteiger partial charge on any atom is 0.490 e. The van der Waals surface area contributed by atoms with Crippen LogP contribution in [0.2, 0.25) is 0 Å². The molecule has 0 saturated heterocycles. The molecule has 0 bridgehead atoms. The largest absolute Gasteiger partial charge is 0.507 e. The highest BCUT2D eigenvalue weighted by Gasteiger charge is 2.49. The number of aliphatic imine (C=N–C) groups is 1. The van der Waals surface area contributed by atoms with Gasteiger partial charge in [0.25, 0.3) is 5.91 Å². The second-order valence-corrected chi connectivity index (χ2v) is 7.31. The molecule has 0 fully saturated rings. The van der Waals surface area contributed by atoms with Gasteiger partial charge in [-0.1, -0.05) is 66.7 Å². The number of halogens is 3. The molecule has 4 rings (SSSR count). The number of carboxylic acids is 1. The number of carbonyl (C=O) groups excluding carboxylic acids is 1. The normalized spacial score (nSPS) is 17.6. The summed E-state index contributed by atoms with van der Waals surface area (Å²) in [6, 6.07) is 24.0. The van der Waals surface area contributed by atoms with Crippen molar-refractivity contribution >= 4 is 17.8 Å². The zero-order chi connectivity index (χ0) is 25.1. The molecule has 0 spiro atoms. The van der Waals surface area contributed by atoms with Gasteiger partial charge in [-0.25, -0.2) is 9.79 Å². The number of nitrogens with two attached hydrogens (primary N) is 1. The van der Waals surface area contributed by atoms with Gasteiger partial charge in [-0.2, -0.15) is 13.2 Å². The average Bonchev–Trinajstić information content (AvgIpc) is 3.04. The Morgan fingerprint density at radius 3 is 2.06 bits per heavy atom. The predicted octanol–water partition coefficient (Wildman–Crippen LogP) is 3.72. The maximum atomic E-state index is 13.2. The molecule has 10 heteroatoms. The van der Waals surface area contributed by atoms with Crippen LogP contribution in [0.15, 0.2) is 83.9 Å². The quantitative estimate of drug-likeness (QED) is 0.538. The van der Waals surface area contributed by atoms with Crippen LogP contribution < -0.4 is 5.73 Å². The Balaban J connectivity index is 0.000000406. The molecule has 34 heavy (non-hydrogen) atoms. The van der Waals surface area contributed by atoms with E-state index in [0.717, 1.165) is 11.1 Å². The third-order valence-corrected chi connectivity index (χ3v) is 5.17. The number of carboxylic acid groups (broad SMARTS) is 1. The van der Waals surface area contributed by atoms with Gasteiger partial charge in [0.05, 0.1) is 0 Å². The fourth-order valence-corrected chi connectivity index (χ4v) is 3.49. The standard InChI is InChI=1S/C22H19N3O2.C2HF3O2/c1-25-20(27)22(24-21(25)23,16-9-3-2-4-10-16)17-11-7-8-15(14-17)18-12-5-6-13-19(18)26;3-2(4,5)1(6)7/h2-14,26H,1H3,(H2,23,24);(H,6,7). The lowest BCUT2D eigenvalue weighted by Crippen LogP contribution is -2.41. The SMILES string of the molecule is CN1C(=O)C(c2ccccc2)(c2cccc(-c3ccccc3O)c2)N=C1N.O=C(O)C(F)(F)F. The molecule has 1 aliphatic rings. The smallest absolute Gasteiger partial charge is 0.490 e. The molecule has 1 amide bonds. The Labute approximate surface area is 192 Å². The fourth-order valence-electron chi connectivity index (χ4n) is 3.49. The lowest BCUT2D eigenvalue weighted by atomic mass is 9.81.